The Morgan fingerprint density at radius 3 is 2.61 bits per heavy atom. The molecule has 0 aromatic heterocycles. The molecule has 2 aliphatic rings. The first-order chi connectivity index (χ1) is 11.1. The van der Waals surface area contributed by atoms with Crippen molar-refractivity contribution in [1.82, 2.24) is 5.32 Å². The van der Waals surface area contributed by atoms with Gasteiger partial charge in [0, 0.05) is 11.7 Å². The molecule has 2 N–H and O–H groups in total. The van der Waals surface area contributed by atoms with Gasteiger partial charge < -0.3 is 15.1 Å². The zero-order chi connectivity index (χ0) is 16.2. The van der Waals surface area contributed by atoms with Crippen LogP contribution >= 0.6 is 0 Å². The predicted octanol–water partition coefficient (Wildman–Crippen LogP) is 1.07. The van der Waals surface area contributed by atoms with Crippen LogP contribution in [-0.4, -0.2) is 44.7 Å². The quantitative estimate of drug-likeness (QED) is 0.872. The number of carbonyl (C=O) groups excluding carboxylic acids is 1. The third-order valence-corrected chi connectivity index (χ3v) is 5.52. The SMILES string of the molecule is Cc1cccc(N2CC[NH+](CC(=O)NC3CCCC3)CC2)c1C. The molecule has 1 aliphatic heterocycles. The Balaban J connectivity index is 1.48. The monoisotopic (exact) mass is 316 g/mol. The van der Waals surface area contributed by atoms with Crippen LogP contribution in [0.15, 0.2) is 18.2 Å². The summed E-state index contributed by atoms with van der Waals surface area (Å²) < 4.78 is 0. The molecule has 4 nitrogen and oxygen atoms in total. The van der Waals surface area contributed by atoms with Gasteiger partial charge in [0.05, 0.1) is 26.2 Å². The minimum Gasteiger partial charge on any atom is -0.360 e. The van der Waals surface area contributed by atoms with E-state index in [-0.39, 0.29) is 5.91 Å². The average molecular weight is 316 g/mol. The average Bonchev–Trinajstić information content (AvgIpc) is 3.04. The molecule has 0 radical (unpaired) electrons. The van der Waals surface area contributed by atoms with Crippen molar-refractivity contribution in [1.29, 1.82) is 0 Å². The van der Waals surface area contributed by atoms with Crippen molar-refractivity contribution >= 4 is 11.6 Å². The van der Waals surface area contributed by atoms with Gasteiger partial charge in [0.15, 0.2) is 6.54 Å². The second-order valence-corrected chi connectivity index (χ2v) is 7.18. The molecule has 0 bridgehead atoms. The highest BCUT2D eigenvalue weighted by atomic mass is 16.2. The number of anilines is 1. The fourth-order valence-corrected chi connectivity index (χ4v) is 3.89. The maximum Gasteiger partial charge on any atom is 0.275 e. The van der Waals surface area contributed by atoms with Gasteiger partial charge in [-0.05, 0) is 43.9 Å². The van der Waals surface area contributed by atoms with Crippen molar-refractivity contribution in [3.63, 3.8) is 0 Å². The molecule has 1 aromatic carbocycles. The van der Waals surface area contributed by atoms with Crippen LogP contribution in [0.4, 0.5) is 5.69 Å². The van der Waals surface area contributed by atoms with E-state index in [0.717, 1.165) is 26.2 Å². The lowest BCUT2D eigenvalue weighted by Gasteiger charge is -2.34. The zero-order valence-corrected chi connectivity index (χ0v) is 14.5. The molecule has 1 saturated carbocycles. The highest BCUT2D eigenvalue weighted by Gasteiger charge is 2.25. The van der Waals surface area contributed by atoms with Gasteiger partial charge in [-0.3, -0.25) is 4.79 Å². The van der Waals surface area contributed by atoms with Gasteiger partial charge in [-0.15, -0.1) is 0 Å². The summed E-state index contributed by atoms with van der Waals surface area (Å²) in [5.41, 5.74) is 4.10. The van der Waals surface area contributed by atoms with E-state index in [9.17, 15) is 4.79 Å². The maximum absolute atomic E-state index is 12.2. The molecule has 2 fully saturated rings. The third kappa shape index (κ3) is 4.05. The molecule has 126 valence electrons. The van der Waals surface area contributed by atoms with Gasteiger partial charge in [0.25, 0.3) is 5.91 Å². The van der Waals surface area contributed by atoms with Crippen molar-refractivity contribution in [3.8, 4) is 0 Å². The highest BCUT2D eigenvalue weighted by Crippen LogP contribution is 2.22. The first kappa shape index (κ1) is 16.3. The predicted molar refractivity (Wildman–Crippen MR) is 94.1 cm³/mol. The number of quaternary nitrogens is 1. The minimum atomic E-state index is 0.243. The number of nitrogens with one attached hydrogen (secondary N) is 2. The molecule has 3 rings (SSSR count). The molecule has 0 spiro atoms. The summed E-state index contributed by atoms with van der Waals surface area (Å²) in [5, 5.41) is 3.21. The molecule has 1 amide bonds. The Labute approximate surface area is 139 Å². The Hall–Kier alpha value is -1.55. The van der Waals surface area contributed by atoms with Gasteiger partial charge in [-0.1, -0.05) is 25.0 Å². The fourth-order valence-electron chi connectivity index (χ4n) is 3.89. The van der Waals surface area contributed by atoms with E-state index >= 15 is 0 Å². The number of benzene rings is 1. The molecular weight excluding hydrogens is 286 g/mol. The number of nitrogens with zero attached hydrogens (tertiary/aromatic N) is 1. The van der Waals surface area contributed by atoms with Crippen LogP contribution in [0.1, 0.15) is 36.8 Å². The Morgan fingerprint density at radius 1 is 1.22 bits per heavy atom. The van der Waals surface area contributed by atoms with Gasteiger partial charge in [0.2, 0.25) is 0 Å². The first-order valence-electron chi connectivity index (χ1n) is 9.07. The van der Waals surface area contributed by atoms with Crippen molar-refractivity contribution < 1.29 is 9.69 Å². The summed E-state index contributed by atoms with van der Waals surface area (Å²) in [6.07, 6.45) is 4.88. The van der Waals surface area contributed by atoms with E-state index in [4.69, 9.17) is 0 Å². The summed E-state index contributed by atoms with van der Waals surface area (Å²) >= 11 is 0. The van der Waals surface area contributed by atoms with Crippen LogP contribution in [-0.2, 0) is 4.79 Å². The second kappa shape index (κ2) is 7.35. The molecule has 0 unspecified atom stereocenters. The van der Waals surface area contributed by atoms with Gasteiger partial charge >= 0.3 is 0 Å². The van der Waals surface area contributed by atoms with Gasteiger partial charge in [-0.25, -0.2) is 0 Å². The number of aryl methyl sites for hydroxylation is 1. The summed E-state index contributed by atoms with van der Waals surface area (Å²) in [6, 6.07) is 6.98. The number of amides is 1. The molecule has 1 heterocycles. The van der Waals surface area contributed by atoms with E-state index in [0.29, 0.717) is 12.6 Å². The van der Waals surface area contributed by atoms with Crippen LogP contribution in [0.3, 0.4) is 0 Å². The van der Waals surface area contributed by atoms with Crippen LogP contribution in [0.2, 0.25) is 0 Å². The summed E-state index contributed by atoms with van der Waals surface area (Å²) in [6.45, 7) is 9.19. The highest BCUT2D eigenvalue weighted by molar-refractivity contribution is 5.77. The Kier molecular flexibility index (Phi) is 5.21. The lowest BCUT2D eigenvalue weighted by molar-refractivity contribution is -0.892. The summed E-state index contributed by atoms with van der Waals surface area (Å²) in [7, 11) is 0. The number of hydrogen-bond donors (Lipinski definition) is 2. The molecule has 1 aliphatic carbocycles. The van der Waals surface area contributed by atoms with Crippen molar-refractivity contribution in [2.45, 2.75) is 45.6 Å². The summed E-state index contributed by atoms with van der Waals surface area (Å²) in [5.74, 6) is 0.243. The summed E-state index contributed by atoms with van der Waals surface area (Å²) in [4.78, 5) is 16.1. The van der Waals surface area contributed by atoms with E-state index < -0.39 is 0 Å². The first-order valence-corrected chi connectivity index (χ1v) is 9.07. The Bertz CT molecular complexity index is 544. The molecule has 1 saturated heterocycles. The molecule has 4 heteroatoms. The molecular formula is C19H30N3O+. The third-order valence-electron chi connectivity index (χ3n) is 5.52. The number of carbonyl (C=O) groups is 1. The fraction of sp³-hybridized carbons (Fsp3) is 0.632. The van der Waals surface area contributed by atoms with Gasteiger partial charge in [-0.2, -0.15) is 0 Å². The van der Waals surface area contributed by atoms with Crippen LogP contribution in [0.25, 0.3) is 0 Å². The minimum absolute atomic E-state index is 0.243. The normalized spacial score (nSPS) is 20.0. The number of rotatable bonds is 4. The Morgan fingerprint density at radius 2 is 1.91 bits per heavy atom. The smallest absolute Gasteiger partial charge is 0.275 e. The van der Waals surface area contributed by atoms with Crippen LogP contribution in [0, 0.1) is 13.8 Å². The van der Waals surface area contributed by atoms with Crippen LogP contribution in [0.5, 0.6) is 0 Å². The van der Waals surface area contributed by atoms with E-state index in [1.165, 1.54) is 47.4 Å². The maximum atomic E-state index is 12.2. The second-order valence-electron chi connectivity index (χ2n) is 7.18. The standard InChI is InChI=1S/C19H29N3O/c1-15-6-5-9-18(16(15)2)22-12-10-21(11-13-22)14-19(23)20-17-7-3-4-8-17/h5-6,9,17H,3-4,7-8,10-14H2,1-2H3,(H,20,23)/p+1. The van der Waals surface area contributed by atoms with Gasteiger partial charge in [0.1, 0.15) is 0 Å². The lowest BCUT2D eigenvalue weighted by Crippen LogP contribution is -3.16. The topological polar surface area (TPSA) is 36.8 Å². The van der Waals surface area contributed by atoms with E-state index in [2.05, 4.69) is 42.3 Å². The van der Waals surface area contributed by atoms with Crippen LogP contribution < -0.4 is 15.1 Å². The number of hydrogen-bond acceptors (Lipinski definition) is 2. The molecule has 23 heavy (non-hydrogen) atoms. The van der Waals surface area contributed by atoms with Crippen molar-refractivity contribution in [3.05, 3.63) is 29.3 Å². The van der Waals surface area contributed by atoms with E-state index in [1.54, 1.807) is 0 Å². The molecule has 1 aromatic rings. The zero-order valence-electron chi connectivity index (χ0n) is 14.5. The molecule has 0 atom stereocenters. The van der Waals surface area contributed by atoms with Crippen molar-refractivity contribution in [2.24, 2.45) is 0 Å². The lowest BCUT2D eigenvalue weighted by atomic mass is 10.1. The number of piperazine rings is 1. The largest absolute Gasteiger partial charge is 0.360 e. The van der Waals surface area contributed by atoms with E-state index in [1.807, 2.05) is 0 Å². The van der Waals surface area contributed by atoms with Crippen molar-refractivity contribution in [2.75, 3.05) is 37.6 Å².